The van der Waals surface area contributed by atoms with E-state index in [4.69, 9.17) is 9.47 Å². The third-order valence-corrected chi connectivity index (χ3v) is 3.79. The molecule has 1 saturated heterocycles. The monoisotopic (exact) mass is 358 g/mol. The fraction of sp³-hybridized carbons (Fsp3) is 0.167. The third kappa shape index (κ3) is 3.64. The number of hydrogen-bond acceptors (Lipinski definition) is 5. The van der Waals surface area contributed by atoms with Crippen LogP contribution in [0.1, 0.15) is 12.5 Å². The van der Waals surface area contributed by atoms with E-state index in [0.717, 1.165) is 5.56 Å². The molecule has 2 N–H and O–H groups in total. The Morgan fingerprint density at radius 1 is 0.885 bits per heavy atom. The number of imide groups is 2. The molecule has 8 heteroatoms. The minimum Gasteiger partial charge on any atom is -0.489 e. The van der Waals surface area contributed by atoms with Crippen LogP contribution in [-0.4, -0.2) is 23.4 Å². The average Bonchev–Trinajstić information content (AvgIpc) is 2.61. The number of nitrogens with one attached hydrogen (secondary N) is 2. The maximum atomic E-state index is 12.9. The van der Waals surface area contributed by atoms with E-state index in [1.54, 1.807) is 24.3 Å². The lowest BCUT2D eigenvalue weighted by atomic mass is 10.0. The van der Waals surface area contributed by atoms with E-state index in [2.05, 4.69) is 0 Å². The number of rotatable bonds is 5. The van der Waals surface area contributed by atoms with Crippen LogP contribution in [0.4, 0.5) is 9.18 Å². The SMILES string of the molecule is CC1(Oc2ccc(OCc3ccc(F)cc3)cc2)C(=O)NC(=O)NC1=O. The molecule has 134 valence electrons. The Morgan fingerprint density at radius 3 is 2.00 bits per heavy atom. The summed E-state index contributed by atoms with van der Waals surface area (Å²) in [5, 5.41) is 3.98. The Kier molecular flexibility index (Phi) is 4.57. The molecule has 1 aliphatic heterocycles. The molecule has 0 unspecified atom stereocenters. The van der Waals surface area contributed by atoms with E-state index >= 15 is 0 Å². The molecule has 0 aliphatic carbocycles. The molecule has 4 amide bonds. The fourth-order valence-corrected chi connectivity index (χ4v) is 2.26. The van der Waals surface area contributed by atoms with Crippen LogP contribution in [0.15, 0.2) is 48.5 Å². The van der Waals surface area contributed by atoms with Crippen molar-refractivity contribution in [1.82, 2.24) is 10.6 Å². The second-order valence-electron chi connectivity index (χ2n) is 5.76. The quantitative estimate of drug-likeness (QED) is 0.797. The van der Waals surface area contributed by atoms with Crippen molar-refractivity contribution in [3.63, 3.8) is 0 Å². The minimum absolute atomic E-state index is 0.251. The summed E-state index contributed by atoms with van der Waals surface area (Å²) in [6.45, 7) is 1.52. The first-order valence-electron chi connectivity index (χ1n) is 7.70. The number of benzene rings is 2. The largest absolute Gasteiger partial charge is 0.489 e. The van der Waals surface area contributed by atoms with E-state index in [-0.39, 0.29) is 18.2 Å². The van der Waals surface area contributed by atoms with Gasteiger partial charge in [-0.25, -0.2) is 9.18 Å². The van der Waals surface area contributed by atoms with Crippen LogP contribution in [0.5, 0.6) is 11.5 Å². The highest BCUT2D eigenvalue weighted by Crippen LogP contribution is 2.24. The summed E-state index contributed by atoms with van der Waals surface area (Å²) >= 11 is 0. The van der Waals surface area contributed by atoms with Crippen LogP contribution in [0.2, 0.25) is 0 Å². The Morgan fingerprint density at radius 2 is 1.42 bits per heavy atom. The van der Waals surface area contributed by atoms with Crippen molar-refractivity contribution in [1.29, 1.82) is 0 Å². The standard InChI is InChI=1S/C18H15FN2O5/c1-18(15(22)20-17(24)21-16(18)23)26-14-8-6-13(7-9-14)25-10-11-2-4-12(19)5-3-11/h2-9H,10H2,1H3,(H2,20,21,22,23,24). The molecular weight excluding hydrogens is 343 g/mol. The van der Waals surface area contributed by atoms with Gasteiger partial charge in [-0.15, -0.1) is 0 Å². The van der Waals surface area contributed by atoms with Crippen LogP contribution < -0.4 is 20.1 Å². The van der Waals surface area contributed by atoms with Gasteiger partial charge in [0, 0.05) is 0 Å². The van der Waals surface area contributed by atoms with E-state index in [1.165, 1.54) is 31.2 Å². The van der Waals surface area contributed by atoms with Gasteiger partial charge in [0.25, 0.3) is 17.4 Å². The number of carbonyl (C=O) groups excluding carboxylic acids is 3. The summed E-state index contributed by atoms with van der Waals surface area (Å²) in [6.07, 6.45) is 0. The number of carbonyl (C=O) groups is 3. The maximum absolute atomic E-state index is 12.9. The highest BCUT2D eigenvalue weighted by molar-refractivity contribution is 6.21. The predicted octanol–water partition coefficient (Wildman–Crippen LogP) is 1.91. The molecule has 0 atom stereocenters. The average molecular weight is 358 g/mol. The molecule has 7 nitrogen and oxygen atoms in total. The van der Waals surface area contributed by atoms with Gasteiger partial charge in [-0.2, -0.15) is 0 Å². The molecule has 0 saturated carbocycles. The summed E-state index contributed by atoms with van der Waals surface area (Å²) in [6, 6.07) is 11.3. The summed E-state index contributed by atoms with van der Waals surface area (Å²) in [5.41, 5.74) is -1.05. The van der Waals surface area contributed by atoms with E-state index in [0.29, 0.717) is 5.75 Å². The molecule has 0 spiro atoms. The van der Waals surface area contributed by atoms with Crippen molar-refractivity contribution in [2.45, 2.75) is 19.1 Å². The van der Waals surface area contributed by atoms with Gasteiger partial charge in [0.1, 0.15) is 23.9 Å². The van der Waals surface area contributed by atoms with Gasteiger partial charge >= 0.3 is 6.03 Å². The molecule has 0 aromatic heterocycles. The van der Waals surface area contributed by atoms with E-state index in [1.807, 2.05) is 10.6 Å². The van der Waals surface area contributed by atoms with Gasteiger partial charge in [0.2, 0.25) is 0 Å². The zero-order valence-electron chi connectivity index (χ0n) is 13.7. The highest BCUT2D eigenvalue weighted by Gasteiger charge is 2.48. The Labute approximate surface area is 148 Å². The van der Waals surface area contributed by atoms with Crippen LogP contribution in [0.3, 0.4) is 0 Å². The first-order valence-corrected chi connectivity index (χ1v) is 7.70. The van der Waals surface area contributed by atoms with Gasteiger partial charge in [-0.3, -0.25) is 20.2 Å². The molecule has 1 aliphatic rings. The first kappa shape index (κ1) is 17.4. The van der Waals surface area contributed by atoms with Crippen molar-refractivity contribution < 1.29 is 28.2 Å². The van der Waals surface area contributed by atoms with Crippen LogP contribution in [0.25, 0.3) is 0 Å². The minimum atomic E-state index is -1.86. The Hall–Kier alpha value is -3.42. The van der Waals surface area contributed by atoms with Crippen molar-refractivity contribution >= 4 is 17.8 Å². The maximum Gasteiger partial charge on any atom is 0.328 e. The first-order chi connectivity index (χ1) is 12.4. The summed E-state index contributed by atoms with van der Waals surface area (Å²) in [5.74, 6) is -1.23. The zero-order valence-corrected chi connectivity index (χ0v) is 13.7. The summed E-state index contributed by atoms with van der Waals surface area (Å²) in [4.78, 5) is 35.0. The number of amides is 4. The van der Waals surface area contributed by atoms with E-state index in [9.17, 15) is 18.8 Å². The number of barbiturate groups is 1. The summed E-state index contributed by atoms with van der Waals surface area (Å²) in [7, 11) is 0. The van der Waals surface area contributed by atoms with Crippen molar-refractivity contribution in [3.8, 4) is 11.5 Å². The summed E-state index contributed by atoms with van der Waals surface area (Å²) < 4.78 is 23.9. The van der Waals surface area contributed by atoms with Crippen LogP contribution in [-0.2, 0) is 16.2 Å². The molecule has 2 aromatic carbocycles. The number of ether oxygens (including phenoxy) is 2. The number of urea groups is 1. The number of hydrogen-bond donors (Lipinski definition) is 2. The van der Waals surface area contributed by atoms with Gasteiger partial charge < -0.3 is 9.47 Å². The lowest BCUT2D eigenvalue weighted by molar-refractivity contribution is -0.149. The smallest absolute Gasteiger partial charge is 0.328 e. The Balaban J connectivity index is 1.64. The van der Waals surface area contributed by atoms with Gasteiger partial charge in [-0.05, 0) is 48.9 Å². The molecule has 0 radical (unpaired) electrons. The van der Waals surface area contributed by atoms with Crippen LogP contribution in [0, 0.1) is 5.82 Å². The number of halogens is 1. The topological polar surface area (TPSA) is 93.7 Å². The normalized spacial score (nSPS) is 15.8. The van der Waals surface area contributed by atoms with Crippen LogP contribution >= 0.6 is 0 Å². The van der Waals surface area contributed by atoms with Gasteiger partial charge in [-0.1, -0.05) is 12.1 Å². The molecule has 2 aromatic rings. The third-order valence-electron chi connectivity index (χ3n) is 3.79. The van der Waals surface area contributed by atoms with Gasteiger partial charge in [0.15, 0.2) is 0 Å². The molecule has 3 rings (SSSR count). The predicted molar refractivity (Wildman–Crippen MR) is 87.9 cm³/mol. The molecular formula is C18H15FN2O5. The second-order valence-corrected chi connectivity index (χ2v) is 5.76. The van der Waals surface area contributed by atoms with Crippen molar-refractivity contribution in [2.24, 2.45) is 0 Å². The Bertz CT molecular complexity index is 829. The van der Waals surface area contributed by atoms with Crippen molar-refractivity contribution in [2.75, 3.05) is 0 Å². The van der Waals surface area contributed by atoms with Gasteiger partial charge in [0.05, 0.1) is 0 Å². The fourth-order valence-electron chi connectivity index (χ4n) is 2.26. The lowest BCUT2D eigenvalue weighted by Crippen LogP contribution is -2.67. The van der Waals surface area contributed by atoms with Crippen molar-refractivity contribution in [3.05, 3.63) is 59.9 Å². The molecule has 0 bridgehead atoms. The second kappa shape index (κ2) is 6.83. The molecule has 1 heterocycles. The highest BCUT2D eigenvalue weighted by atomic mass is 19.1. The molecule has 1 fully saturated rings. The molecule has 26 heavy (non-hydrogen) atoms. The van der Waals surface area contributed by atoms with E-state index < -0.39 is 23.4 Å². The lowest BCUT2D eigenvalue weighted by Gasteiger charge is -2.30. The zero-order chi connectivity index (χ0) is 18.7.